The van der Waals surface area contributed by atoms with Gasteiger partial charge in [-0.05, 0) is 18.6 Å². The number of rotatable bonds is 4. The first-order chi connectivity index (χ1) is 12.3. The van der Waals surface area contributed by atoms with E-state index in [4.69, 9.17) is 4.52 Å². The van der Waals surface area contributed by atoms with Crippen molar-refractivity contribution in [2.45, 2.75) is 26.3 Å². The number of nitrogens with zero attached hydrogens (tertiary/aromatic N) is 6. The average molecular weight is 338 g/mol. The van der Waals surface area contributed by atoms with Crippen LogP contribution >= 0.6 is 0 Å². The second-order valence-electron chi connectivity index (χ2n) is 6.29. The zero-order chi connectivity index (χ0) is 17.1. The number of benzene rings is 1. The molecule has 4 rings (SSSR count). The maximum Gasteiger partial charge on any atom is 0.226 e. The van der Waals surface area contributed by atoms with Crippen molar-refractivity contribution in [2.75, 3.05) is 31.1 Å². The van der Waals surface area contributed by atoms with Crippen LogP contribution in [0.4, 0.5) is 5.82 Å². The van der Waals surface area contributed by atoms with E-state index in [-0.39, 0.29) is 0 Å². The van der Waals surface area contributed by atoms with Gasteiger partial charge in [0.15, 0.2) is 5.82 Å². The quantitative estimate of drug-likeness (QED) is 0.723. The molecule has 1 fully saturated rings. The van der Waals surface area contributed by atoms with Crippen molar-refractivity contribution in [1.82, 2.24) is 25.0 Å². The monoisotopic (exact) mass is 338 g/mol. The highest BCUT2D eigenvalue weighted by molar-refractivity contribution is 5.89. The van der Waals surface area contributed by atoms with Crippen LogP contribution in [0.1, 0.15) is 25.1 Å². The third-order valence-electron chi connectivity index (χ3n) is 4.59. The van der Waals surface area contributed by atoms with Crippen LogP contribution in [0.15, 0.2) is 35.1 Å². The van der Waals surface area contributed by atoms with E-state index < -0.39 is 0 Å². The van der Waals surface area contributed by atoms with E-state index in [1.165, 1.54) is 0 Å². The molecule has 25 heavy (non-hydrogen) atoms. The number of aryl methyl sites for hydroxylation is 1. The summed E-state index contributed by atoms with van der Waals surface area (Å²) in [7, 11) is 0. The molecule has 0 bridgehead atoms. The summed E-state index contributed by atoms with van der Waals surface area (Å²) >= 11 is 0. The highest BCUT2D eigenvalue weighted by atomic mass is 16.5. The molecule has 0 spiro atoms. The molecule has 0 atom stereocenters. The summed E-state index contributed by atoms with van der Waals surface area (Å²) < 4.78 is 5.21. The molecule has 3 aromatic rings. The van der Waals surface area contributed by atoms with Crippen molar-refractivity contribution >= 4 is 16.7 Å². The van der Waals surface area contributed by atoms with Crippen LogP contribution in [0, 0.1) is 0 Å². The molecular formula is C18H22N6O. The lowest BCUT2D eigenvalue weighted by atomic mass is 10.2. The molecule has 0 aliphatic carbocycles. The van der Waals surface area contributed by atoms with Crippen molar-refractivity contribution in [1.29, 1.82) is 0 Å². The van der Waals surface area contributed by atoms with E-state index >= 15 is 0 Å². The lowest BCUT2D eigenvalue weighted by Crippen LogP contribution is -2.31. The van der Waals surface area contributed by atoms with Gasteiger partial charge < -0.3 is 9.42 Å². The van der Waals surface area contributed by atoms with E-state index in [1.807, 2.05) is 25.1 Å². The molecule has 0 saturated carbocycles. The highest BCUT2D eigenvalue weighted by Gasteiger charge is 2.19. The average Bonchev–Trinajstić information content (AvgIpc) is 2.98. The lowest BCUT2D eigenvalue weighted by molar-refractivity contribution is 0.271. The molecule has 0 radical (unpaired) electrons. The van der Waals surface area contributed by atoms with Crippen LogP contribution in [0.3, 0.4) is 0 Å². The van der Waals surface area contributed by atoms with Gasteiger partial charge in [0.25, 0.3) is 0 Å². The molecular weight excluding hydrogens is 316 g/mol. The van der Waals surface area contributed by atoms with E-state index in [0.717, 1.165) is 68.1 Å². The van der Waals surface area contributed by atoms with Crippen LogP contribution < -0.4 is 4.90 Å². The fourth-order valence-corrected chi connectivity index (χ4v) is 3.28. The molecule has 1 saturated heterocycles. The Hall–Kier alpha value is -2.54. The molecule has 1 aliphatic heterocycles. The minimum absolute atomic E-state index is 0.707. The maximum absolute atomic E-state index is 5.21. The topological polar surface area (TPSA) is 71.2 Å². The van der Waals surface area contributed by atoms with E-state index in [2.05, 4.69) is 36.0 Å². The zero-order valence-electron chi connectivity index (χ0n) is 14.4. The van der Waals surface area contributed by atoms with Gasteiger partial charge in [-0.15, -0.1) is 0 Å². The minimum atomic E-state index is 0.707. The Kier molecular flexibility index (Phi) is 4.56. The third kappa shape index (κ3) is 3.46. The summed E-state index contributed by atoms with van der Waals surface area (Å²) in [6, 6.07) is 8.19. The van der Waals surface area contributed by atoms with Crippen molar-refractivity contribution < 1.29 is 4.52 Å². The molecule has 1 aliphatic rings. The second kappa shape index (κ2) is 7.14. The van der Waals surface area contributed by atoms with Crippen LogP contribution in [0.25, 0.3) is 10.9 Å². The molecule has 0 N–H and O–H groups in total. The number of hydrogen-bond donors (Lipinski definition) is 0. The zero-order valence-corrected chi connectivity index (χ0v) is 14.4. The molecule has 2 aromatic heterocycles. The normalized spacial score (nSPS) is 16.3. The molecule has 130 valence electrons. The Bertz CT molecular complexity index is 843. The van der Waals surface area contributed by atoms with Crippen molar-refractivity contribution in [3.63, 3.8) is 0 Å². The lowest BCUT2D eigenvalue weighted by Gasteiger charge is -2.23. The van der Waals surface area contributed by atoms with Gasteiger partial charge in [-0.25, -0.2) is 9.97 Å². The van der Waals surface area contributed by atoms with Crippen LogP contribution in [-0.4, -0.2) is 51.2 Å². The Balaban J connectivity index is 1.47. The first kappa shape index (κ1) is 16.0. The number of anilines is 1. The molecule has 0 unspecified atom stereocenters. The molecule has 3 heterocycles. The number of hydrogen-bond acceptors (Lipinski definition) is 7. The first-order valence-electron chi connectivity index (χ1n) is 8.82. The number of aromatic nitrogens is 4. The Morgan fingerprint density at radius 2 is 2.00 bits per heavy atom. The summed E-state index contributed by atoms with van der Waals surface area (Å²) in [4.78, 5) is 18.1. The number of fused-ring (bicyclic) bond motifs is 1. The Labute approximate surface area is 146 Å². The van der Waals surface area contributed by atoms with Gasteiger partial charge in [0.2, 0.25) is 5.89 Å². The number of para-hydroxylation sites is 1. The SMILES string of the molecule is CCc1nc(CN2CCCN(c3ncnc4ccccc34)CC2)no1. The first-order valence-corrected chi connectivity index (χ1v) is 8.82. The van der Waals surface area contributed by atoms with Crippen LogP contribution in [0.2, 0.25) is 0 Å². The Morgan fingerprint density at radius 3 is 2.88 bits per heavy atom. The molecule has 7 nitrogen and oxygen atoms in total. The van der Waals surface area contributed by atoms with Gasteiger partial charge in [-0.1, -0.05) is 24.2 Å². The standard InChI is InChI=1S/C18H22N6O/c1-2-17-21-16(22-25-17)12-23-8-5-9-24(11-10-23)18-14-6-3-4-7-15(14)19-13-20-18/h3-4,6-7,13H,2,5,8-12H2,1H3. The molecule has 7 heteroatoms. The van der Waals surface area contributed by atoms with Gasteiger partial charge >= 0.3 is 0 Å². The predicted molar refractivity (Wildman–Crippen MR) is 95.3 cm³/mol. The van der Waals surface area contributed by atoms with Gasteiger partial charge in [0, 0.05) is 38.0 Å². The summed E-state index contributed by atoms with van der Waals surface area (Å²) in [6.45, 7) is 6.66. The minimum Gasteiger partial charge on any atom is -0.355 e. The van der Waals surface area contributed by atoms with Gasteiger partial charge in [-0.2, -0.15) is 4.98 Å². The second-order valence-corrected chi connectivity index (χ2v) is 6.29. The van der Waals surface area contributed by atoms with Gasteiger partial charge in [0.1, 0.15) is 12.1 Å². The molecule has 1 aromatic carbocycles. The predicted octanol–water partition coefficient (Wildman–Crippen LogP) is 2.29. The third-order valence-corrected chi connectivity index (χ3v) is 4.59. The molecule has 0 amide bonds. The largest absolute Gasteiger partial charge is 0.355 e. The van der Waals surface area contributed by atoms with Crippen molar-refractivity contribution in [3.8, 4) is 0 Å². The van der Waals surface area contributed by atoms with Crippen LogP contribution in [0.5, 0.6) is 0 Å². The Morgan fingerprint density at radius 1 is 1.08 bits per heavy atom. The van der Waals surface area contributed by atoms with Gasteiger partial charge in [-0.3, -0.25) is 4.90 Å². The fourth-order valence-electron chi connectivity index (χ4n) is 3.28. The summed E-state index contributed by atoms with van der Waals surface area (Å²) in [5.41, 5.74) is 0.993. The van der Waals surface area contributed by atoms with Crippen molar-refractivity contribution in [3.05, 3.63) is 42.3 Å². The summed E-state index contributed by atoms with van der Waals surface area (Å²) in [6.07, 6.45) is 3.52. The summed E-state index contributed by atoms with van der Waals surface area (Å²) in [5, 5.41) is 5.18. The van der Waals surface area contributed by atoms with Gasteiger partial charge in [0.05, 0.1) is 12.1 Å². The summed E-state index contributed by atoms with van der Waals surface area (Å²) in [5.74, 6) is 2.51. The highest BCUT2D eigenvalue weighted by Crippen LogP contribution is 2.23. The fraction of sp³-hybridized carbons (Fsp3) is 0.444. The van der Waals surface area contributed by atoms with E-state index in [0.29, 0.717) is 5.89 Å². The van der Waals surface area contributed by atoms with E-state index in [1.54, 1.807) is 6.33 Å². The smallest absolute Gasteiger partial charge is 0.226 e. The van der Waals surface area contributed by atoms with Crippen molar-refractivity contribution in [2.24, 2.45) is 0 Å². The van der Waals surface area contributed by atoms with Crippen LogP contribution in [-0.2, 0) is 13.0 Å². The maximum atomic E-state index is 5.21. The van der Waals surface area contributed by atoms with E-state index in [9.17, 15) is 0 Å².